The van der Waals surface area contributed by atoms with Crippen LogP contribution in [0.2, 0.25) is 5.02 Å². The van der Waals surface area contributed by atoms with Crippen LogP contribution in [0.4, 0.5) is 11.6 Å². The van der Waals surface area contributed by atoms with Crippen molar-refractivity contribution in [1.82, 2.24) is 24.3 Å². The van der Waals surface area contributed by atoms with Gasteiger partial charge in [0.2, 0.25) is 5.95 Å². The fourth-order valence-electron chi connectivity index (χ4n) is 3.23. The van der Waals surface area contributed by atoms with Gasteiger partial charge in [0.15, 0.2) is 0 Å². The highest BCUT2D eigenvalue weighted by Crippen LogP contribution is 2.31. The summed E-state index contributed by atoms with van der Waals surface area (Å²) in [4.78, 5) is 27.1. The molecule has 4 rings (SSSR count). The molecule has 0 spiro atoms. The predicted molar refractivity (Wildman–Crippen MR) is 122 cm³/mol. The summed E-state index contributed by atoms with van der Waals surface area (Å²) in [6, 6.07) is 10.7. The van der Waals surface area contributed by atoms with E-state index in [1.54, 1.807) is 31.4 Å². The second-order valence-electron chi connectivity index (χ2n) is 6.95. The van der Waals surface area contributed by atoms with E-state index in [0.717, 1.165) is 11.3 Å². The minimum absolute atomic E-state index is 0.109. The molecule has 2 N–H and O–H groups in total. The Kier molecular flexibility index (Phi) is 6.20. The summed E-state index contributed by atoms with van der Waals surface area (Å²) < 4.78 is 7.34. The third-order valence-corrected chi connectivity index (χ3v) is 5.16. The first-order valence-electron chi connectivity index (χ1n) is 9.78. The molecule has 4 aromatic rings. The normalized spacial score (nSPS) is 10.9. The van der Waals surface area contributed by atoms with Crippen molar-refractivity contribution in [2.45, 2.75) is 0 Å². The zero-order chi connectivity index (χ0) is 22.7. The molecule has 0 aliphatic carbocycles. The number of pyridine rings is 1. The van der Waals surface area contributed by atoms with Gasteiger partial charge in [-0.15, -0.1) is 0 Å². The molecule has 32 heavy (non-hydrogen) atoms. The highest BCUT2D eigenvalue weighted by Gasteiger charge is 2.16. The van der Waals surface area contributed by atoms with Gasteiger partial charge in [0.05, 0.1) is 42.5 Å². The van der Waals surface area contributed by atoms with Crippen molar-refractivity contribution in [3.63, 3.8) is 0 Å². The van der Waals surface area contributed by atoms with Crippen LogP contribution < -0.4 is 10.1 Å². The van der Waals surface area contributed by atoms with Crippen molar-refractivity contribution in [3.05, 3.63) is 65.6 Å². The molecular formula is C22H21ClN6O3. The molecular weight excluding hydrogens is 432 g/mol. The number of ether oxygens (including phenoxy) is 1. The Bertz CT molecular complexity index is 1280. The van der Waals surface area contributed by atoms with Crippen LogP contribution in [0.5, 0.6) is 5.75 Å². The molecule has 0 aliphatic heterocycles. The number of amides is 1. The van der Waals surface area contributed by atoms with Gasteiger partial charge in [-0.05, 0) is 30.3 Å². The van der Waals surface area contributed by atoms with E-state index in [1.165, 1.54) is 18.2 Å². The number of carbonyl (C=O) groups is 1. The van der Waals surface area contributed by atoms with Crippen LogP contribution in [0.1, 0.15) is 10.4 Å². The number of imidazole rings is 1. The Balaban J connectivity index is 1.65. The van der Waals surface area contributed by atoms with Crippen molar-refractivity contribution in [2.24, 2.45) is 0 Å². The number of carbonyl (C=O) groups excluding carboxylic acids is 1. The number of hydrogen-bond acceptors (Lipinski definition) is 7. The lowest BCUT2D eigenvalue weighted by Crippen LogP contribution is -2.29. The van der Waals surface area contributed by atoms with Crippen LogP contribution >= 0.6 is 11.6 Å². The maximum Gasteiger partial charge on any atom is 0.253 e. The summed E-state index contributed by atoms with van der Waals surface area (Å²) in [5.41, 5.74) is 3.06. The third kappa shape index (κ3) is 4.20. The first-order valence-corrected chi connectivity index (χ1v) is 10.2. The summed E-state index contributed by atoms with van der Waals surface area (Å²) >= 11 is 6.38. The molecule has 3 heterocycles. The molecule has 1 aromatic carbocycles. The van der Waals surface area contributed by atoms with Gasteiger partial charge < -0.3 is 20.1 Å². The Hall–Kier alpha value is -3.69. The average Bonchev–Trinajstić information content (AvgIpc) is 3.24. The van der Waals surface area contributed by atoms with Gasteiger partial charge >= 0.3 is 0 Å². The van der Waals surface area contributed by atoms with E-state index in [1.807, 2.05) is 28.8 Å². The molecule has 0 unspecified atom stereocenters. The molecule has 164 valence electrons. The molecule has 0 saturated heterocycles. The van der Waals surface area contributed by atoms with Crippen molar-refractivity contribution in [3.8, 4) is 17.1 Å². The Morgan fingerprint density at radius 2 is 2.09 bits per heavy atom. The number of aliphatic hydroxyl groups is 1. The number of benzene rings is 1. The van der Waals surface area contributed by atoms with Crippen molar-refractivity contribution in [2.75, 3.05) is 32.6 Å². The standard InChI is InChI=1S/C22H21ClN6O3/c1-28(9-10-30)21(31)14-6-7-16(18(11-14)32-2)26-22-25-12-15(23)20(27-22)17-13-24-19-5-3-4-8-29(17)19/h3-8,11-13,30H,9-10H2,1-2H3,(H,25,26,27). The third-order valence-electron chi connectivity index (χ3n) is 4.88. The summed E-state index contributed by atoms with van der Waals surface area (Å²) in [6.07, 6.45) is 5.11. The number of rotatable bonds is 7. The molecule has 10 heteroatoms. The van der Waals surface area contributed by atoms with E-state index in [-0.39, 0.29) is 19.1 Å². The molecule has 0 saturated carbocycles. The zero-order valence-electron chi connectivity index (χ0n) is 17.5. The number of methoxy groups -OCH3 is 1. The first kappa shape index (κ1) is 21.5. The maximum absolute atomic E-state index is 12.5. The fraction of sp³-hybridized carbons (Fsp3) is 0.182. The highest BCUT2D eigenvalue weighted by atomic mass is 35.5. The van der Waals surface area contributed by atoms with Crippen LogP contribution in [0.3, 0.4) is 0 Å². The van der Waals surface area contributed by atoms with Gasteiger partial charge in [-0.2, -0.15) is 0 Å². The number of aromatic nitrogens is 4. The van der Waals surface area contributed by atoms with Gasteiger partial charge in [0, 0.05) is 25.4 Å². The Morgan fingerprint density at radius 3 is 2.88 bits per heavy atom. The van der Waals surface area contributed by atoms with Crippen LogP contribution in [0, 0.1) is 0 Å². The summed E-state index contributed by atoms with van der Waals surface area (Å²) in [7, 11) is 3.14. The molecule has 0 bridgehead atoms. The SMILES string of the molecule is COc1cc(C(=O)N(C)CCO)ccc1Nc1ncc(Cl)c(-c2cnc3ccccn23)n1. The predicted octanol–water partition coefficient (Wildman–Crippen LogP) is 3.26. The van der Waals surface area contributed by atoms with Gasteiger partial charge in [0.25, 0.3) is 5.91 Å². The lowest BCUT2D eigenvalue weighted by Gasteiger charge is -2.17. The van der Waals surface area contributed by atoms with E-state index in [2.05, 4.69) is 20.3 Å². The fourth-order valence-corrected chi connectivity index (χ4v) is 3.42. The smallest absolute Gasteiger partial charge is 0.253 e. The molecule has 9 nitrogen and oxygen atoms in total. The number of halogens is 1. The summed E-state index contributed by atoms with van der Waals surface area (Å²) in [5.74, 6) is 0.537. The maximum atomic E-state index is 12.5. The summed E-state index contributed by atoms with van der Waals surface area (Å²) in [5, 5.41) is 12.6. The van der Waals surface area contributed by atoms with Gasteiger partial charge in [-0.3, -0.25) is 9.20 Å². The lowest BCUT2D eigenvalue weighted by molar-refractivity contribution is 0.0766. The number of likely N-dealkylation sites (N-methyl/N-ethyl adjacent to an activating group) is 1. The van der Waals surface area contributed by atoms with Crippen molar-refractivity contribution < 1.29 is 14.6 Å². The number of hydrogen-bond donors (Lipinski definition) is 2. The second kappa shape index (κ2) is 9.21. The molecule has 1 amide bonds. The minimum Gasteiger partial charge on any atom is -0.495 e. The highest BCUT2D eigenvalue weighted by molar-refractivity contribution is 6.32. The largest absolute Gasteiger partial charge is 0.495 e. The van der Waals surface area contributed by atoms with E-state index in [4.69, 9.17) is 21.4 Å². The van der Waals surface area contributed by atoms with Crippen LogP contribution in [-0.4, -0.2) is 62.6 Å². The van der Waals surface area contributed by atoms with E-state index in [9.17, 15) is 4.79 Å². The number of anilines is 2. The molecule has 0 radical (unpaired) electrons. The van der Waals surface area contributed by atoms with Crippen molar-refractivity contribution >= 4 is 34.8 Å². The minimum atomic E-state index is -0.221. The quantitative estimate of drug-likeness (QED) is 0.443. The van der Waals surface area contributed by atoms with Crippen LogP contribution in [0.25, 0.3) is 17.0 Å². The molecule has 0 atom stereocenters. The monoisotopic (exact) mass is 452 g/mol. The van der Waals surface area contributed by atoms with Crippen LogP contribution in [0.15, 0.2) is 55.0 Å². The molecule has 0 fully saturated rings. The summed E-state index contributed by atoms with van der Waals surface area (Å²) in [6.45, 7) is 0.132. The molecule has 0 aliphatic rings. The number of aliphatic hydroxyl groups excluding tert-OH is 1. The number of fused-ring (bicyclic) bond motifs is 1. The molecule has 3 aromatic heterocycles. The van der Waals surface area contributed by atoms with Gasteiger partial charge in [-0.25, -0.2) is 15.0 Å². The number of nitrogens with zero attached hydrogens (tertiary/aromatic N) is 5. The van der Waals surface area contributed by atoms with Crippen LogP contribution in [-0.2, 0) is 0 Å². The first-order chi connectivity index (χ1) is 15.5. The van der Waals surface area contributed by atoms with E-state index in [0.29, 0.717) is 33.7 Å². The number of nitrogens with one attached hydrogen (secondary N) is 1. The van der Waals surface area contributed by atoms with Crippen molar-refractivity contribution in [1.29, 1.82) is 0 Å². The van der Waals surface area contributed by atoms with E-state index >= 15 is 0 Å². The van der Waals surface area contributed by atoms with E-state index < -0.39 is 0 Å². The lowest BCUT2D eigenvalue weighted by atomic mass is 10.1. The Morgan fingerprint density at radius 1 is 1.25 bits per heavy atom. The van der Waals surface area contributed by atoms with Gasteiger partial charge in [0.1, 0.15) is 17.1 Å². The van der Waals surface area contributed by atoms with Gasteiger partial charge in [-0.1, -0.05) is 17.7 Å². The second-order valence-corrected chi connectivity index (χ2v) is 7.36. The topological polar surface area (TPSA) is 105 Å². The zero-order valence-corrected chi connectivity index (χ0v) is 18.2. The Labute approximate surface area is 189 Å². The average molecular weight is 453 g/mol.